The highest BCUT2D eigenvalue weighted by molar-refractivity contribution is 5.55. The molecule has 1 aliphatic rings. The molecule has 0 radical (unpaired) electrons. The highest BCUT2D eigenvalue weighted by atomic mass is 16.4. The van der Waals surface area contributed by atoms with Gasteiger partial charge in [0.25, 0.3) is 0 Å². The molecule has 1 atom stereocenters. The number of hydrogen-bond donors (Lipinski definition) is 1. The van der Waals surface area contributed by atoms with E-state index in [2.05, 4.69) is 9.88 Å². The molecule has 2 N–H and O–H groups in total. The molecule has 106 valence electrons. The van der Waals surface area contributed by atoms with Gasteiger partial charge in [0.05, 0.1) is 12.7 Å². The minimum absolute atomic E-state index is 0.618. The molecule has 20 heavy (non-hydrogen) atoms. The third kappa shape index (κ3) is 3.08. The van der Waals surface area contributed by atoms with Crippen LogP contribution in [0.4, 0.5) is 0 Å². The highest BCUT2D eigenvalue weighted by Crippen LogP contribution is 2.22. The lowest BCUT2D eigenvalue weighted by atomic mass is 9.98. The van der Waals surface area contributed by atoms with Crippen molar-refractivity contribution in [3.05, 3.63) is 42.4 Å². The van der Waals surface area contributed by atoms with E-state index in [0.29, 0.717) is 5.92 Å². The zero-order valence-corrected chi connectivity index (χ0v) is 11.7. The standard InChI is InChI=1S/C16H21N3O/c17-9-13-5-4-8-19(11-13)12-16-18-10-15(20-16)14-6-2-1-3-7-14/h1-3,6-7,10,13H,4-5,8-9,11-12,17H2. The molecular formula is C16H21N3O. The molecule has 1 aliphatic heterocycles. The fourth-order valence-electron chi connectivity index (χ4n) is 2.80. The van der Waals surface area contributed by atoms with Gasteiger partial charge in [-0.3, -0.25) is 4.90 Å². The van der Waals surface area contributed by atoms with E-state index in [9.17, 15) is 0 Å². The first kappa shape index (κ1) is 13.3. The van der Waals surface area contributed by atoms with Crippen molar-refractivity contribution >= 4 is 0 Å². The summed E-state index contributed by atoms with van der Waals surface area (Å²) >= 11 is 0. The average molecular weight is 271 g/mol. The molecule has 4 nitrogen and oxygen atoms in total. The Labute approximate surface area is 119 Å². The van der Waals surface area contributed by atoms with E-state index >= 15 is 0 Å². The Morgan fingerprint density at radius 3 is 2.95 bits per heavy atom. The second-order valence-corrected chi connectivity index (χ2v) is 5.46. The molecule has 4 heteroatoms. The Morgan fingerprint density at radius 1 is 1.30 bits per heavy atom. The second-order valence-electron chi connectivity index (χ2n) is 5.46. The number of nitrogens with zero attached hydrogens (tertiary/aromatic N) is 2. The maximum Gasteiger partial charge on any atom is 0.209 e. The van der Waals surface area contributed by atoms with E-state index < -0.39 is 0 Å². The fraction of sp³-hybridized carbons (Fsp3) is 0.438. The number of nitrogens with two attached hydrogens (primary N) is 1. The lowest BCUT2D eigenvalue weighted by molar-refractivity contribution is 0.158. The third-order valence-electron chi connectivity index (χ3n) is 3.91. The minimum Gasteiger partial charge on any atom is -0.439 e. The molecule has 3 rings (SSSR count). The van der Waals surface area contributed by atoms with Gasteiger partial charge in [-0.2, -0.15) is 0 Å². The molecule has 2 aromatic rings. The van der Waals surface area contributed by atoms with Crippen LogP contribution in [0.15, 0.2) is 40.9 Å². The van der Waals surface area contributed by atoms with Crippen LogP contribution in [-0.2, 0) is 6.54 Å². The number of hydrogen-bond acceptors (Lipinski definition) is 4. The molecule has 2 heterocycles. The van der Waals surface area contributed by atoms with Crippen LogP contribution in [0.3, 0.4) is 0 Å². The van der Waals surface area contributed by atoms with Crippen LogP contribution in [-0.4, -0.2) is 29.5 Å². The van der Waals surface area contributed by atoms with Crippen LogP contribution < -0.4 is 5.73 Å². The molecule has 0 bridgehead atoms. The predicted octanol–water partition coefficient (Wildman–Crippen LogP) is 2.51. The van der Waals surface area contributed by atoms with Crippen LogP contribution in [0.5, 0.6) is 0 Å². The number of benzene rings is 1. The zero-order valence-electron chi connectivity index (χ0n) is 11.7. The predicted molar refractivity (Wildman–Crippen MR) is 79.0 cm³/mol. The number of likely N-dealkylation sites (tertiary alicyclic amines) is 1. The van der Waals surface area contributed by atoms with E-state index in [1.54, 1.807) is 0 Å². The summed E-state index contributed by atoms with van der Waals surface area (Å²) in [5, 5.41) is 0. The Hall–Kier alpha value is -1.65. The van der Waals surface area contributed by atoms with Gasteiger partial charge < -0.3 is 10.2 Å². The monoisotopic (exact) mass is 271 g/mol. The quantitative estimate of drug-likeness (QED) is 0.928. The van der Waals surface area contributed by atoms with Gasteiger partial charge in [0.2, 0.25) is 5.89 Å². The van der Waals surface area contributed by atoms with Crippen LogP contribution in [0.1, 0.15) is 18.7 Å². The van der Waals surface area contributed by atoms with Crippen molar-refractivity contribution in [2.24, 2.45) is 11.7 Å². The number of oxazole rings is 1. The van der Waals surface area contributed by atoms with E-state index in [1.807, 2.05) is 36.5 Å². The van der Waals surface area contributed by atoms with Gasteiger partial charge in [-0.15, -0.1) is 0 Å². The lowest BCUT2D eigenvalue weighted by Crippen LogP contribution is -2.37. The first-order chi connectivity index (χ1) is 9.85. The van der Waals surface area contributed by atoms with Crippen molar-refractivity contribution in [2.45, 2.75) is 19.4 Å². The van der Waals surface area contributed by atoms with E-state index in [1.165, 1.54) is 12.8 Å². The van der Waals surface area contributed by atoms with Crippen LogP contribution in [0.2, 0.25) is 0 Å². The summed E-state index contributed by atoms with van der Waals surface area (Å²) in [5.74, 6) is 2.25. The molecule has 1 unspecified atom stereocenters. The minimum atomic E-state index is 0.618. The van der Waals surface area contributed by atoms with Gasteiger partial charge in [0.15, 0.2) is 5.76 Å². The normalized spacial score (nSPS) is 20.1. The molecule has 0 saturated carbocycles. The largest absolute Gasteiger partial charge is 0.439 e. The van der Waals surface area contributed by atoms with E-state index in [-0.39, 0.29) is 0 Å². The highest BCUT2D eigenvalue weighted by Gasteiger charge is 2.20. The first-order valence-electron chi connectivity index (χ1n) is 7.27. The van der Waals surface area contributed by atoms with Crippen molar-refractivity contribution in [2.75, 3.05) is 19.6 Å². The Kier molecular flexibility index (Phi) is 4.14. The molecule has 1 saturated heterocycles. The summed E-state index contributed by atoms with van der Waals surface area (Å²) in [6, 6.07) is 10.1. The molecule has 0 spiro atoms. The van der Waals surface area contributed by atoms with Gasteiger partial charge in [-0.05, 0) is 31.8 Å². The van der Waals surface area contributed by atoms with Gasteiger partial charge in [-0.1, -0.05) is 30.3 Å². The fourth-order valence-corrected chi connectivity index (χ4v) is 2.80. The zero-order chi connectivity index (χ0) is 13.8. The van der Waals surface area contributed by atoms with E-state index in [0.717, 1.165) is 43.4 Å². The summed E-state index contributed by atoms with van der Waals surface area (Å²) < 4.78 is 5.86. The van der Waals surface area contributed by atoms with Gasteiger partial charge in [0, 0.05) is 12.1 Å². The molecule has 1 aromatic carbocycles. The van der Waals surface area contributed by atoms with Crippen molar-refractivity contribution in [3.63, 3.8) is 0 Å². The average Bonchev–Trinajstić information content (AvgIpc) is 2.97. The summed E-state index contributed by atoms with van der Waals surface area (Å²) in [6.07, 6.45) is 4.27. The number of aromatic nitrogens is 1. The molecule has 0 aliphatic carbocycles. The Bertz CT molecular complexity index is 538. The molecule has 1 aromatic heterocycles. The third-order valence-corrected chi connectivity index (χ3v) is 3.91. The Morgan fingerprint density at radius 2 is 2.15 bits per heavy atom. The number of rotatable bonds is 4. The van der Waals surface area contributed by atoms with Crippen molar-refractivity contribution in [1.29, 1.82) is 0 Å². The van der Waals surface area contributed by atoms with Gasteiger partial charge in [0.1, 0.15) is 0 Å². The van der Waals surface area contributed by atoms with Crippen molar-refractivity contribution in [1.82, 2.24) is 9.88 Å². The van der Waals surface area contributed by atoms with Crippen LogP contribution in [0.25, 0.3) is 11.3 Å². The lowest BCUT2D eigenvalue weighted by Gasteiger charge is -2.30. The summed E-state index contributed by atoms with van der Waals surface area (Å²) in [4.78, 5) is 6.79. The smallest absolute Gasteiger partial charge is 0.209 e. The SMILES string of the molecule is NCC1CCCN(Cc2ncc(-c3ccccc3)o2)C1. The van der Waals surface area contributed by atoms with Gasteiger partial charge in [-0.25, -0.2) is 4.98 Å². The Balaban J connectivity index is 1.65. The topological polar surface area (TPSA) is 55.3 Å². The summed E-state index contributed by atoms with van der Waals surface area (Å²) in [5.41, 5.74) is 6.85. The maximum atomic E-state index is 5.86. The number of piperidine rings is 1. The van der Waals surface area contributed by atoms with E-state index in [4.69, 9.17) is 10.2 Å². The van der Waals surface area contributed by atoms with Crippen LogP contribution in [0, 0.1) is 5.92 Å². The second kappa shape index (κ2) is 6.20. The summed E-state index contributed by atoms with van der Waals surface area (Å²) in [6.45, 7) is 3.72. The maximum absolute atomic E-state index is 5.86. The molecule has 1 fully saturated rings. The van der Waals surface area contributed by atoms with Gasteiger partial charge >= 0.3 is 0 Å². The van der Waals surface area contributed by atoms with Crippen molar-refractivity contribution in [3.8, 4) is 11.3 Å². The van der Waals surface area contributed by atoms with Crippen LogP contribution >= 0.6 is 0 Å². The van der Waals surface area contributed by atoms with Crippen molar-refractivity contribution < 1.29 is 4.42 Å². The summed E-state index contributed by atoms with van der Waals surface area (Å²) in [7, 11) is 0. The molecular weight excluding hydrogens is 250 g/mol. The first-order valence-corrected chi connectivity index (χ1v) is 7.27. The molecule has 0 amide bonds.